The summed E-state index contributed by atoms with van der Waals surface area (Å²) in [7, 11) is 4.11. The molecule has 3 rings (SSSR count). The molecule has 0 spiro atoms. The molecule has 31 heteroatoms. The molecule has 2 aromatic rings. The summed E-state index contributed by atoms with van der Waals surface area (Å²) in [4.78, 5) is 175. The van der Waals surface area contributed by atoms with Crippen molar-refractivity contribution in [3.63, 3.8) is 0 Å². The van der Waals surface area contributed by atoms with Gasteiger partial charge < -0.3 is 65.7 Å². The highest BCUT2D eigenvalue weighted by atomic mass is 32.2. The van der Waals surface area contributed by atoms with Gasteiger partial charge in [-0.1, -0.05) is 96.9 Å². The Balaban J connectivity index is 2.37. The van der Waals surface area contributed by atoms with Crippen molar-refractivity contribution in [2.24, 2.45) is 41.4 Å². The van der Waals surface area contributed by atoms with Crippen LogP contribution in [0.2, 0.25) is 0 Å². The summed E-state index contributed by atoms with van der Waals surface area (Å²) in [5.41, 5.74) is -1.44. The van der Waals surface area contributed by atoms with Gasteiger partial charge in [-0.3, -0.25) is 57.3 Å². The van der Waals surface area contributed by atoms with Gasteiger partial charge in [-0.15, -0.1) is 0 Å². The van der Waals surface area contributed by atoms with Crippen molar-refractivity contribution in [1.82, 2.24) is 65.5 Å². The van der Waals surface area contributed by atoms with Gasteiger partial charge in [0.2, 0.25) is 65.0 Å². The van der Waals surface area contributed by atoms with Crippen molar-refractivity contribution < 1.29 is 79.6 Å². The highest BCUT2D eigenvalue weighted by Gasteiger charge is 2.46. The third kappa shape index (κ3) is 21.3. The average molecular weight is 1390 g/mol. The van der Waals surface area contributed by atoms with Crippen molar-refractivity contribution in [2.75, 3.05) is 55.9 Å². The molecule has 1 fully saturated rings. The number of benzene rings is 1. The highest BCUT2D eigenvalue weighted by molar-refractivity contribution is 7.86. The molecule has 1 aliphatic rings. The minimum Gasteiger partial charge on any atom is -0.390 e. The highest BCUT2D eigenvalue weighted by Crippen LogP contribution is 2.30. The molecule has 11 amide bonds. The van der Waals surface area contributed by atoms with E-state index in [9.17, 15) is 56.0 Å². The van der Waals surface area contributed by atoms with Crippen LogP contribution in [0.15, 0.2) is 11.0 Å². The predicted molar refractivity (Wildman–Crippen MR) is 359 cm³/mol. The van der Waals surface area contributed by atoms with Gasteiger partial charge in [0.1, 0.15) is 76.7 Å². The lowest BCUT2D eigenvalue weighted by molar-refractivity contribution is -0.157. The molecule has 0 saturated carbocycles. The zero-order valence-electron chi connectivity index (χ0n) is 60.9. The fourth-order valence-electron chi connectivity index (χ4n) is 12.0. The van der Waals surface area contributed by atoms with Crippen LogP contribution in [0, 0.1) is 53.1 Å². The fraction of sp³-hybridized carbons (Fsp3) is 0.727. The minimum absolute atomic E-state index is 0.0320. The monoisotopic (exact) mass is 1390 g/mol. The first kappa shape index (κ1) is 83.8. The number of aliphatic hydroxyl groups excluding tert-OH is 1. The number of nitrogens with zero attached hydrogens (tertiary/aromatic N) is 8. The van der Waals surface area contributed by atoms with Crippen molar-refractivity contribution in [3.05, 3.63) is 23.5 Å². The second kappa shape index (κ2) is 35.4. The van der Waals surface area contributed by atoms with Crippen LogP contribution < -0.4 is 21.3 Å². The number of aromatic amines is 1. The lowest BCUT2D eigenvalue weighted by atomic mass is 9.91. The van der Waals surface area contributed by atoms with Gasteiger partial charge >= 0.3 is 0 Å². The number of halogens is 2. The zero-order valence-corrected chi connectivity index (χ0v) is 61.7. The quantitative estimate of drug-likeness (QED) is 0.119. The Kier molecular flexibility index (Phi) is 30.6. The van der Waals surface area contributed by atoms with E-state index in [1.165, 1.54) is 91.7 Å². The fourth-order valence-corrected chi connectivity index (χ4v) is 12.7. The maximum atomic E-state index is 15.4. The molecule has 1 unspecified atom stereocenters. The SMILES string of the molecule is CC[C@@H]1NC(=O)C([C@H](O)[C@H](C)Cc2nc3c(F)c(F)cc(S(=O)(=O)O)c3[nH]2)N(C)C(=O)[C@H](C(C)C)N(C)C(=O)[C@H](CC(C)C)N(C)C(=O)[C@H](CC(C)C)N(C)C(=O)[C@@H](C)NC(=O)[C@H](C)NC(=O)[C@H](CC(C)C)N(C)C(=O)[C@H](C(C)C)NC(=O)[C@H](CC(C)C)N(C)C(=O)CN(C)C1=O. The molecule has 0 bridgehead atoms. The van der Waals surface area contributed by atoms with Crippen LogP contribution in [0.3, 0.4) is 0 Å². The number of likely N-dealkylation sites (N-methyl/N-ethyl adjacent to an activating group) is 7. The van der Waals surface area contributed by atoms with Gasteiger partial charge in [0, 0.05) is 61.8 Å². The Morgan fingerprint density at radius 3 is 1.45 bits per heavy atom. The molecule has 97 heavy (non-hydrogen) atoms. The smallest absolute Gasteiger partial charge is 0.296 e. The number of aliphatic hydroxyl groups is 1. The van der Waals surface area contributed by atoms with Crippen LogP contribution >= 0.6 is 0 Å². The van der Waals surface area contributed by atoms with Crippen molar-refractivity contribution >= 4 is 86.1 Å². The molecule has 1 aromatic carbocycles. The largest absolute Gasteiger partial charge is 0.390 e. The van der Waals surface area contributed by atoms with Gasteiger partial charge in [0.05, 0.1) is 18.2 Å². The number of fused-ring (bicyclic) bond motifs is 1. The number of amides is 11. The molecule has 0 aliphatic carbocycles. The van der Waals surface area contributed by atoms with E-state index in [-0.39, 0.29) is 67.7 Å². The lowest BCUT2D eigenvalue weighted by Crippen LogP contribution is -2.63. The average Bonchev–Trinajstić information content (AvgIpc) is 1.69. The van der Waals surface area contributed by atoms with Gasteiger partial charge in [-0.2, -0.15) is 8.42 Å². The molecule has 7 N–H and O–H groups in total. The van der Waals surface area contributed by atoms with Crippen LogP contribution in [-0.4, -0.2) is 250 Å². The Hall–Kier alpha value is -7.41. The summed E-state index contributed by atoms with van der Waals surface area (Å²) in [5.74, 6) is -15.6. The van der Waals surface area contributed by atoms with Gasteiger partial charge in [-0.25, -0.2) is 13.8 Å². The maximum Gasteiger partial charge on any atom is 0.296 e. The number of aromatic nitrogens is 2. The van der Waals surface area contributed by atoms with Crippen molar-refractivity contribution in [1.29, 1.82) is 0 Å². The number of H-pyrrole nitrogens is 1. The molecule has 1 saturated heterocycles. The molecule has 28 nitrogen and oxygen atoms in total. The molecule has 12 atom stereocenters. The number of rotatable bonds is 16. The first-order valence-corrected chi connectivity index (χ1v) is 34.7. The molecule has 548 valence electrons. The van der Waals surface area contributed by atoms with Crippen molar-refractivity contribution in [2.45, 2.75) is 221 Å². The van der Waals surface area contributed by atoms with E-state index in [1.54, 1.807) is 41.5 Å². The van der Waals surface area contributed by atoms with E-state index in [0.717, 1.165) is 19.6 Å². The second-order valence-electron chi connectivity index (χ2n) is 28.5. The number of carbonyl (C=O) groups excluding carboxylic acids is 11. The van der Waals surface area contributed by atoms with Crippen LogP contribution in [-0.2, 0) is 69.3 Å². The summed E-state index contributed by atoms with van der Waals surface area (Å²) in [6.45, 7) is 26.2. The van der Waals surface area contributed by atoms with Crippen molar-refractivity contribution in [3.8, 4) is 0 Å². The van der Waals surface area contributed by atoms with Crippen LogP contribution in [0.5, 0.6) is 0 Å². The third-order valence-corrected chi connectivity index (χ3v) is 18.7. The summed E-state index contributed by atoms with van der Waals surface area (Å²) in [6, 6.07) is -13.4. The second-order valence-corrected chi connectivity index (χ2v) is 29.9. The molecule has 1 aromatic heterocycles. The van der Waals surface area contributed by atoms with Crippen LogP contribution in [0.4, 0.5) is 8.78 Å². The minimum atomic E-state index is -5.17. The van der Waals surface area contributed by atoms with E-state index in [4.69, 9.17) is 0 Å². The van der Waals surface area contributed by atoms with E-state index in [0.29, 0.717) is 0 Å². The van der Waals surface area contributed by atoms with E-state index < -0.39 is 200 Å². The topological polar surface area (TPSA) is 362 Å². The summed E-state index contributed by atoms with van der Waals surface area (Å²) in [5, 5.41) is 23.3. The Bertz CT molecular complexity index is 3290. The first-order chi connectivity index (χ1) is 44.6. The number of hydrogen-bond acceptors (Lipinski definition) is 15. The number of hydrogen-bond donors (Lipinski definition) is 7. The van der Waals surface area contributed by atoms with E-state index in [1.807, 2.05) is 41.5 Å². The first-order valence-electron chi connectivity index (χ1n) is 33.2. The molecular formula is C66H109F2N13O15S. The molecular weight excluding hydrogens is 1280 g/mol. The number of imidazole rings is 1. The van der Waals surface area contributed by atoms with Gasteiger partial charge in [0.25, 0.3) is 10.1 Å². The molecule has 0 radical (unpaired) electrons. The third-order valence-electron chi connectivity index (χ3n) is 17.8. The Morgan fingerprint density at radius 2 is 0.979 bits per heavy atom. The van der Waals surface area contributed by atoms with Crippen LogP contribution in [0.1, 0.15) is 149 Å². The molecule has 1 aliphatic heterocycles. The Labute approximate surface area is 570 Å². The normalized spacial score (nSPS) is 25.2. The maximum absolute atomic E-state index is 15.4. The summed E-state index contributed by atoms with van der Waals surface area (Å²) in [6.07, 6.45) is -2.28. The Morgan fingerprint density at radius 1 is 0.536 bits per heavy atom. The number of carbonyl (C=O) groups is 11. The van der Waals surface area contributed by atoms with Gasteiger partial charge in [-0.05, 0) is 87.4 Å². The lowest BCUT2D eigenvalue weighted by Gasteiger charge is -2.41. The van der Waals surface area contributed by atoms with E-state index >= 15 is 23.6 Å². The van der Waals surface area contributed by atoms with Crippen LogP contribution in [0.25, 0.3) is 11.0 Å². The molecule has 2 heterocycles. The summed E-state index contributed by atoms with van der Waals surface area (Å²) >= 11 is 0. The predicted octanol–water partition coefficient (Wildman–Crippen LogP) is 2.95. The summed E-state index contributed by atoms with van der Waals surface area (Å²) < 4.78 is 64.5. The van der Waals surface area contributed by atoms with Gasteiger partial charge in [0.15, 0.2) is 11.6 Å². The number of nitrogens with one attached hydrogen (secondary N) is 5. The van der Waals surface area contributed by atoms with E-state index in [2.05, 4.69) is 31.2 Å². The zero-order chi connectivity index (χ0) is 74.6. The standard InChI is InChI=1S/C66H109F2N13O15S/c1-24-42-62(89)75(17)31-49(82)76(18)43(25-32(2)3)59(86)74-51(36(10)11)65(92)77(19)44(26-33(4)5)58(85)69-39(15)57(84)70-40(16)61(88)78(20)45(27-34(6)7)63(90)79(21)46(28-35(8)9)64(91)80(22)54(37(12)13)66(93)81(23)55(60(87)71-42)56(83)38(14)29-48-72-52-47(97(94,95)96)30-41(67)50(68)53(52)73-48/h30,32-40,42-46,51,54-56,83H,24-29,31H2,1-23H3,(H,69,85)(H,70,84)(H,71,87)(H,72,73)(H,74,86)(H,94,95,96)/t38-,39+,40-,42+,43+,44+,45+,46+,51+,54+,55?,56-/m1/s1.